The highest BCUT2D eigenvalue weighted by Crippen LogP contribution is 2.28. The Morgan fingerprint density at radius 2 is 1.81 bits per heavy atom. The van der Waals surface area contributed by atoms with Gasteiger partial charge in [0.2, 0.25) is 0 Å². The van der Waals surface area contributed by atoms with E-state index in [1.807, 2.05) is 23.6 Å². The molecule has 0 fully saturated rings. The highest BCUT2D eigenvalue weighted by Gasteiger charge is 2.20. The van der Waals surface area contributed by atoms with Crippen LogP contribution in [-0.4, -0.2) is 26.2 Å². The Hall–Kier alpha value is -2.08. The Kier molecular flexibility index (Phi) is 4.97. The molecule has 1 aromatic heterocycles. The van der Waals surface area contributed by atoms with E-state index in [1.165, 1.54) is 0 Å². The Morgan fingerprint density at radius 1 is 1.19 bits per heavy atom. The van der Waals surface area contributed by atoms with E-state index < -0.39 is 11.5 Å². The van der Waals surface area contributed by atoms with Gasteiger partial charge >= 0.3 is 0 Å². The highest BCUT2D eigenvalue weighted by atomic mass is 35.5. The molecule has 0 aliphatic rings. The summed E-state index contributed by atoms with van der Waals surface area (Å²) in [5.74, 6) is 0.349. The molecular formula is C19H19Cl2N3O2. The van der Waals surface area contributed by atoms with Gasteiger partial charge in [0, 0.05) is 0 Å². The molecule has 0 aliphatic heterocycles. The van der Waals surface area contributed by atoms with Gasteiger partial charge in [-0.25, -0.2) is 4.98 Å². The van der Waals surface area contributed by atoms with Crippen molar-refractivity contribution in [1.82, 2.24) is 9.55 Å². The number of anilines is 1. The summed E-state index contributed by atoms with van der Waals surface area (Å²) in [6.07, 6.45) is 0. The lowest BCUT2D eigenvalue weighted by Crippen LogP contribution is -2.26. The lowest BCUT2D eigenvalue weighted by molar-refractivity contribution is 0.0620. The second-order valence-electron chi connectivity index (χ2n) is 6.78. The molecule has 0 atom stereocenters. The van der Waals surface area contributed by atoms with Gasteiger partial charge in [0.25, 0.3) is 5.91 Å². The summed E-state index contributed by atoms with van der Waals surface area (Å²) in [4.78, 5) is 17.2. The summed E-state index contributed by atoms with van der Waals surface area (Å²) in [5.41, 5.74) is 1.36. The molecule has 0 aliphatic carbocycles. The Labute approximate surface area is 161 Å². The summed E-state index contributed by atoms with van der Waals surface area (Å²) < 4.78 is 1.92. The number of halogens is 2. The third kappa shape index (κ3) is 3.70. The second kappa shape index (κ2) is 6.91. The van der Waals surface area contributed by atoms with Crippen LogP contribution in [0.2, 0.25) is 10.0 Å². The number of aryl methyl sites for hydroxylation is 1. The van der Waals surface area contributed by atoms with E-state index in [0.717, 1.165) is 11.3 Å². The number of fused-ring (bicyclic) bond motifs is 1. The number of amides is 1. The van der Waals surface area contributed by atoms with E-state index in [2.05, 4.69) is 10.3 Å². The molecule has 3 rings (SSSR count). The average Bonchev–Trinajstić information content (AvgIpc) is 2.83. The number of aromatic nitrogens is 2. The Morgan fingerprint density at radius 3 is 2.42 bits per heavy atom. The van der Waals surface area contributed by atoms with Crippen LogP contribution in [0.3, 0.4) is 0 Å². The van der Waals surface area contributed by atoms with Gasteiger partial charge in [-0.1, -0.05) is 35.3 Å². The van der Waals surface area contributed by atoms with E-state index in [9.17, 15) is 9.90 Å². The van der Waals surface area contributed by atoms with Crippen LogP contribution in [0.4, 0.5) is 5.69 Å². The van der Waals surface area contributed by atoms with Crippen molar-refractivity contribution in [3.8, 4) is 0 Å². The summed E-state index contributed by atoms with van der Waals surface area (Å²) in [5, 5.41) is 13.6. The second-order valence-corrected chi connectivity index (χ2v) is 7.60. The van der Waals surface area contributed by atoms with E-state index in [-0.39, 0.29) is 15.6 Å². The van der Waals surface area contributed by atoms with Crippen molar-refractivity contribution in [2.24, 2.45) is 0 Å². The first-order valence-electron chi connectivity index (χ1n) is 8.11. The van der Waals surface area contributed by atoms with Gasteiger partial charge in [0.05, 0.1) is 39.0 Å². The van der Waals surface area contributed by atoms with E-state index in [0.29, 0.717) is 17.7 Å². The molecule has 1 amide bonds. The first kappa shape index (κ1) is 18.7. The first-order chi connectivity index (χ1) is 12.2. The first-order valence-corrected chi connectivity index (χ1v) is 8.86. The lowest BCUT2D eigenvalue weighted by atomic mass is 10.1. The van der Waals surface area contributed by atoms with Crippen molar-refractivity contribution in [2.75, 3.05) is 5.32 Å². The molecule has 7 heteroatoms. The van der Waals surface area contributed by atoms with E-state index in [4.69, 9.17) is 23.2 Å². The minimum Gasteiger partial charge on any atom is -0.389 e. The molecule has 2 aromatic carbocycles. The van der Waals surface area contributed by atoms with Crippen LogP contribution in [0.25, 0.3) is 11.0 Å². The molecule has 0 bridgehead atoms. The molecule has 5 nitrogen and oxygen atoms in total. The molecule has 2 N–H and O–H groups in total. The number of carbonyl (C=O) groups excluding carboxylic acids is 1. The van der Waals surface area contributed by atoms with Crippen LogP contribution in [0.1, 0.15) is 30.0 Å². The molecule has 0 saturated heterocycles. The molecular weight excluding hydrogens is 373 g/mol. The molecule has 3 aromatic rings. The molecule has 26 heavy (non-hydrogen) atoms. The van der Waals surface area contributed by atoms with Crippen LogP contribution in [0.15, 0.2) is 36.4 Å². The van der Waals surface area contributed by atoms with Gasteiger partial charge in [0.15, 0.2) is 0 Å². The number of nitrogens with zero attached hydrogens (tertiary/aromatic N) is 2. The third-order valence-corrected chi connectivity index (χ3v) is 4.58. The zero-order valence-electron chi connectivity index (χ0n) is 14.7. The maximum Gasteiger partial charge on any atom is 0.258 e. The van der Waals surface area contributed by atoms with Crippen LogP contribution in [0, 0.1) is 6.92 Å². The number of rotatable bonds is 4. The fourth-order valence-corrected chi connectivity index (χ4v) is 3.42. The fourth-order valence-electron chi connectivity index (χ4n) is 2.85. The average molecular weight is 392 g/mol. The monoisotopic (exact) mass is 391 g/mol. The van der Waals surface area contributed by atoms with Gasteiger partial charge < -0.3 is 15.0 Å². The van der Waals surface area contributed by atoms with Gasteiger partial charge in [-0.05, 0) is 45.0 Å². The van der Waals surface area contributed by atoms with Crippen molar-refractivity contribution >= 4 is 45.8 Å². The van der Waals surface area contributed by atoms with Crippen LogP contribution >= 0.6 is 23.2 Å². The summed E-state index contributed by atoms with van der Waals surface area (Å²) in [6.45, 7) is 5.73. The maximum atomic E-state index is 12.7. The third-order valence-electron chi connectivity index (χ3n) is 3.95. The van der Waals surface area contributed by atoms with E-state index >= 15 is 0 Å². The van der Waals surface area contributed by atoms with Crippen molar-refractivity contribution < 1.29 is 9.90 Å². The smallest absolute Gasteiger partial charge is 0.258 e. The van der Waals surface area contributed by atoms with Gasteiger partial charge in [-0.2, -0.15) is 0 Å². The quantitative estimate of drug-likeness (QED) is 0.678. The van der Waals surface area contributed by atoms with Gasteiger partial charge in [-0.3, -0.25) is 4.79 Å². The number of nitrogens with one attached hydrogen (secondary N) is 1. The van der Waals surface area contributed by atoms with Crippen molar-refractivity contribution in [3.63, 3.8) is 0 Å². The number of hydrogen-bond acceptors (Lipinski definition) is 3. The summed E-state index contributed by atoms with van der Waals surface area (Å²) in [7, 11) is 0. The molecule has 0 radical (unpaired) electrons. The van der Waals surface area contributed by atoms with Gasteiger partial charge in [0.1, 0.15) is 11.3 Å². The predicted octanol–water partition coefficient (Wildman–Crippen LogP) is 4.67. The van der Waals surface area contributed by atoms with Crippen molar-refractivity contribution in [2.45, 2.75) is 32.9 Å². The van der Waals surface area contributed by atoms with Gasteiger partial charge in [-0.15, -0.1) is 0 Å². The van der Waals surface area contributed by atoms with Crippen LogP contribution in [0.5, 0.6) is 0 Å². The number of aliphatic hydroxyl groups is 1. The summed E-state index contributed by atoms with van der Waals surface area (Å²) in [6, 6.07) is 10.4. The molecule has 136 valence electrons. The Bertz CT molecular complexity index is 970. The zero-order valence-corrected chi connectivity index (χ0v) is 16.2. The largest absolute Gasteiger partial charge is 0.389 e. The van der Waals surface area contributed by atoms with Crippen LogP contribution < -0.4 is 5.32 Å². The predicted molar refractivity (Wildman–Crippen MR) is 105 cm³/mol. The zero-order chi connectivity index (χ0) is 19.1. The standard InChI is InChI=1S/C19H19Cl2N3O2/c1-11-22-17-14(8-5-9-15(17)24(11)10-19(2,3)26)23-18(25)16-12(20)6-4-7-13(16)21/h4-9,26H,10H2,1-3H3,(H,23,25). The highest BCUT2D eigenvalue weighted by molar-refractivity contribution is 6.40. The van der Waals surface area contributed by atoms with Crippen molar-refractivity contribution in [3.05, 3.63) is 57.8 Å². The minimum atomic E-state index is -0.886. The number of imidazole rings is 1. The number of benzene rings is 2. The molecule has 0 spiro atoms. The fraction of sp³-hybridized carbons (Fsp3) is 0.263. The maximum absolute atomic E-state index is 12.7. The molecule has 0 unspecified atom stereocenters. The summed E-state index contributed by atoms with van der Waals surface area (Å²) >= 11 is 12.2. The van der Waals surface area contributed by atoms with Crippen molar-refractivity contribution in [1.29, 1.82) is 0 Å². The molecule has 0 saturated carbocycles. The number of para-hydroxylation sites is 1. The normalized spacial score (nSPS) is 11.8. The van der Waals surface area contributed by atoms with Crippen LogP contribution in [-0.2, 0) is 6.54 Å². The van der Waals surface area contributed by atoms with E-state index in [1.54, 1.807) is 38.1 Å². The SMILES string of the molecule is Cc1nc2c(NC(=O)c3c(Cl)cccc3Cl)cccc2n1CC(C)(C)O. The topological polar surface area (TPSA) is 67.2 Å². The minimum absolute atomic E-state index is 0.223. The number of hydrogen-bond donors (Lipinski definition) is 2. The lowest BCUT2D eigenvalue weighted by Gasteiger charge is -2.19. The number of carbonyl (C=O) groups is 1. The molecule has 1 heterocycles. The Balaban J connectivity index is 2.02.